The topological polar surface area (TPSA) is 111 Å². The van der Waals surface area contributed by atoms with Crippen LogP contribution in [0.15, 0.2) is 89.5 Å². The van der Waals surface area contributed by atoms with Crippen molar-refractivity contribution in [2.24, 2.45) is 11.1 Å². The molecule has 0 spiro atoms. The number of likely N-dealkylation sites (tertiary alicyclic amines) is 1. The Morgan fingerprint density at radius 1 is 1.00 bits per heavy atom. The third-order valence-corrected chi connectivity index (χ3v) is 8.33. The van der Waals surface area contributed by atoms with Crippen LogP contribution in [0.4, 0.5) is 4.79 Å². The van der Waals surface area contributed by atoms with Gasteiger partial charge < -0.3 is 25.1 Å². The Balaban J connectivity index is 1.17. The number of benzene rings is 3. The minimum Gasteiger partial charge on any atom is -0.449 e. The number of rotatable bonds is 6. The van der Waals surface area contributed by atoms with Gasteiger partial charge in [-0.15, -0.1) is 0 Å². The van der Waals surface area contributed by atoms with Crippen molar-refractivity contribution in [2.75, 3.05) is 13.2 Å². The van der Waals surface area contributed by atoms with Gasteiger partial charge in [0.15, 0.2) is 0 Å². The maximum Gasteiger partial charge on any atom is 0.407 e. The zero-order valence-electron chi connectivity index (χ0n) is 24.1. The number of amides is 2. The molecule has 0 unspecified atom stereocenters. The first-order valence-corrected chi connectivity index (χ1v) is 14.4. The highest BCUT2D eigenvalue weighted by Crippen LogP contribution is 2.44. The van der Waals surface area contributed by atoms with Gasteiger partial charge in [0, 0.05) is 18.0 Å². The molecule has 1 aromatic heterocycles. The van der Waals surface area contributed by atoms with E-state index in [1.807, 2.05) is 75.4 Å². The molecule has 1 saturated heterocycles. The molecule has 42 heavy (non-hydrogen) atoms. The van der Waals surface area contributed by atoms with E-state index in [0.29, 0.717) is 18.0 Å². The molecule has 1 aliphatic heterocycles. The van der Waals surface area contributed by atoms with Crippen LogP contribution in [0.25, 0.3) is 22.4 Å². The second kappa shape index (κ2) is 11.1. The molecule has 3 aromatic carbocycles. The van der Waals surface area contributed by atoms with Crippen LogP contribution in [0.2, 0.25) is 0 Å². The average molecular weight is 565 g/mol. The molecule has 8 nitrogen and oxygen atoms in total. The third kappa shape index (κ3) is 5.30. The highest BCUT2D eigenvalue weighted by Gasteiger charge is 2.43. The fourth-order valence-electron chi connectivity index (χ4n) is 5.96. The number of fused-ring (bicyclic) bond motifs is 3. The Labute approximate surface area is 245 Å². The normalized spacial score (nSPS) is 18.8. The number of hydrogen-bond acceptors (Lipinski definition) is 6. The monoisotopic (exact) mass is 564 g/mol. The molecule has 4 aromatic rings. The van der Waals surface area contributed by atoms with Gasteiger partial charge in [0.05, 0.1) is 12.1 Å². The van der Waals surface area contributed by atoms with Crippen LogP contribution in [0, 0.1) is 5.41 Å². The first-order valence-electron chi connectivity index (χ1n) is 14.4. The first kappa shape index (κ1) is 27.7. The Morgan fingerprint density at radius 3 is 2.26 bits per heavy atom. The second-order valence-corrected chi connectivity index (χ2v) is 12.2. The molecule has 2 heterocycles. The van der Waals surface area contributed by atoms with Crippen molar-refractivity contribution in [2.45, 2.75) is 51.2 Å². The van der Waals surface area contributed by atoms with E-state index >= 15 is 0 Å². The Bertz CT molecular complexity index is 1550. The van der Waals surface area contributed by atoms with E-state index in [1.54, 1.807) is 11.2 Å². The molecular weight excluding hydrogens is 528 g/mol. The van der Waals surface area contributed by atoms with Gasteiger partial charge in [-0.1, -0.05) is 99.6 Å². The highest BCUT2D eigenvalue weighted by atomic mass is 16.5. The molecular formula is C34H36N4O4. The zero-order valence-corrected chi connectivity index (χ0v) is 24.1. The summed E-state index contributed by atoms with van der Waals surface area (Å²) in [4.78, 5) is 33.1. The standard InChI is InChI=1S/C34H36N4O4/c1-34(2,3)30(35)32(39)38-18-22(17-29(38)31-37-28(20-41-31)21-11-5-4-6-12-21)36-33(40)42-19-27-25-15-9-7-13-23(25)24-14-8-10-16-26(24)27/h4-16,20,22,27,29-30H,17-19,35H2,1-3H3,(H,36,40)/t22-,29-,30+/m0/s1. The molecule has 0 bridgehead atoms. The molecule has 2 amide bonds. The summed E-state index contributed by atoms with van der Waals surface area (Å²) in [6.07, 6.45) is 1.51. The number of oxazole rings is 1. The molecule has 6 rings (SSSR count). The Hall–Kier alpha value is -4.43. The Morgan fingerprint density at radius 2 is 1.62 bits per heavy atom. The maximum atomic E-state index is 13.6. The van der Waals surface area contributed by atoms with Crippen LogP contribution in [0.3, 0.4) is 0 Å². The van der Waals surface area contributed by atoms with Gasteiger partial charge >= 0.3 is 6.09 Å². The SMILES string of the molecule is CC(C)(C)[C@H](N)C(=O)N1C[C@@H](NC(=O)OCC2c3ccccc3-c3ccccc32)C[C@H]1c1nc(-c2ccccc2)co1. The first-order chi connectivity index (χ1) is 20.2. The van der Waals surface area contributed by atoms with E-state index < -0.39 is 23.6 Å². The van der Waals surface area contributed by atoms with Crippen LogP contribution >= 0.6 is 0 Å². The molecule has 0 radical (unpaired) electrons. The molecule has 3 atom stereocenters. The number of nitrogens with two attached hydrogens (primary N) is 1. The van der Waals surface area contributed by atoms with Crippen molar-refractivity contribution in [3.8, 4) is 22.4 Å². The lowest BCUT2D eigenvalue weighted by Gasteiger charge is -2.32. The van der Waals surface area contributed by atoms with E-state index in [9.17, 15) is 9.59 Å². The number of carbonyl (C=O) groups is 2. The van der Waals surface area contributed by atoms with E-state index in [-0.39, 0.29) is 31.0 Å². The predicted octanol–water partition coefficient (Wildman–Crippen LogP) is 5.90. The number of hydrogen-bond donors (Lipinski definition) is 2. The minimum atomic E-state index is -0.725. The quantitative estimate of drug-likeness (QED) is 0.302. The smallest absolute Gasteiger partial charge is 0.407 e. The summed E-state index contributed by atoms with van der Waals surface area (Å²) < 4.78 is 11.7. The lowest BCUT2D eigenvalue weighted by molar-refractivity contribution is -0.136. The van der Waals surface area contributed by atoms with Gasteiger partial charge in [0.1, 0.15) is 24.6 Å². The lowest BCUT2D eigenvalue weighted by Crippen LogP contribution is -2.51. The summed E-state index contributed by atoms with van der Waals surface area (Å²) in [6, 6.07) is 24.6. The van der Waals surface area contributed by atoms with Crippen molar-refractivity contribution in [3.63, 3.8) is 0 Å². The minimum absolute atomic E-state index is 0.0361. The van der Waals surface area contributed by atoms with Crippen molar-refractivity contribution < 1.29 is 18.7 Å². The summed E-state index contributed by atoms with van der Waals surface area (Å²) in [6.45, 7) is 6.30. The zero-order chi connectivity index (χ0) is 29.4. The molecule has 2 aliphatic rings. The van der Waals surface area contributed by atoms with E-state index in [2.05, 4.69) is 29.6 Å². The number of carbonyl (C=O) groups excluding carboxylic acids is 2. The van der Waals surface area contributed by atoms with Gasteiger partial charge in [-0.2, -0.15) is 0 Å². The maximum absolute atomic E-state index is 13.6. The van der Waals surface area contributed by atoms with E-state index in [4.69, 9.17) is 19.9 Å². The van der Waals surface area contributed by atoms with Gasteiger partial charge in [-0.3, -0.25) is 4.79 Å². The van der Waals surface area contributed by atoms with Crippen molar-refractivity contribution in [1.82, 2.24) is 15.2 Å². The van der Waals surface area contributed by atoms with Gasteiger partial charge in [-0.25, -0.2) is 9.78 Å². The second-order valence-electron chi connectivity index (χ2n) is 12.2. The number of ether oxygens (including phenoxy) is 1. The number of alkyl carbamates (subject to hydrolysis) is 1. The summed E-state index contributed by atoms with van der Waals surface area (Å²) >= 11 is 0. The summed E-state index contributed by atoms with van der Waals surface area (Å²) in [7, 11) is 0. The van der Waals surface area contributed by atoms with Gasteiger partial charge in [0.25, 0.3) is 0 Å². The summed E-state index contributed by atoms with van der Waals surface area (Å²) in [5.41, 5.74) is 12.2. The van der Waals surface area contributed by atoms with Gasteiger partial charge in [0.2, 0.25) is 11.8 Å². The van der Waals surface area contributed by atoms with Crippen LogP contribution in [-0.4, -0.2) is 47.1 Å². The molecule has 1 aliphatic carbocycles. The van der Waals surface area contributed by atoms with Gasteiger partial charge in [-0.05, 0) is 34.1 Å². The largest absolute Gasteiger partial charge is 0.449 e. The van der Waals surface area contributed by atoms with E-state index in [0.717, 1.165) is 16.7 Å². The fraction of sp³-hybridized carbons (Fsp3) is 0.324. The molecule has 1 fully saturated rings. The lowest BCUT2D eigenvalue weighted by atomic mass is 9.86. The van der Waals surface area contributed by atoms with Crippen molar-refractivity contribution in [1.29, 1.82) is 0 Å². The average Bonchev–Trinajstić information content (AvgIpc) is 3.71. The number of nitrogens with one attached hydrogen (secondary N) is 1. The fourth-order valence-corrected chi connectivity index (χ4v) is 5.96. The third-order valence-electron chi connectivity index (χ3n) is 8.33. The van der Waals surface area contributed by atoms with Crippen LogP contribution in [-0.2, 0) is 9.53 Å². The molecule has 0 saturated carbocycles. The Kier molecular flexibility index (Phi) is 7.33. The summed E-state index contributed by atoms with van der Waals surface area (Å²) in [5, 5.41) is 2.99. The number of aromatic nitrogens is 1. The molecule has 8 heteroatoms. The van der Waals surface area contributed by atoms with Crippen LogP contribution in [0.1, 0.15) is 56.2 Å². The molecule has 216 valence electrons. The van der Waals surface area contributed by atoms with Crippen molar-refractivity contribution in [3.05, 3.63) is 102 Å². The highest BCUT2D eigenvalue weighted by molar-refractivity contribution is 5.83. The van der Waals surface area contributed by atoms with Crippen molar-refractivity contribution >= 4 is 12.0 Å². The predicted molar refractivity (Wildman–Crippen MR) is 160 cm³/mol. The van der Waals surface area contributed by atoms with Crippen LogP contribution in [0.5, 0.6) is 0 Å². The summed E-state index contributed by atoms with van der Waals surface area (Å²) in [5.74, 6) is 0.176. The molecule has 3 N–H and O–H groups in total. The van der Waals surface area contributed by atoms with E-state index in [1.165, 1.54) is 11.1 Å². The van der Waals surface area contributed by atoms with Crippen LogP contribution < -0.4 is 11.1 Å². The number of nitrogens with zero attached hydrogens (tertiary/aromatic N) is 2.